The van der Waals surface area contributed by atoms with Crippen molar-refractivity contribution in [1.29, 1.82) is 0 Å². The van der Waals surface area contributed by atoms with E-state index in [1.54, 1.807) is 0 Å². The van der Waals surface area contributed by atoms with Crippen LogP contribution < -0.4 is 5.32 Å². The fourth-order valence-electron chi connectivity index (χ4n) is 2.90. The Morgan fingerprint density at radius 2 is 1.85 bits per heavy atom. The highest BCUT2D eigenvalue weighted by Crippen LogP contribution is 2.29. The van der Waals surface area contributed by atoms with Crippen LogP contribution in [-0.4, -0.2) is 60.4 Å². The molecule has 2 saturated heterocycles. The molecule has 1 N–H and O–H groups in total. The van der Waals surface area contributed by atoms with Crippen molar-refractivity contribution in [2.45, 2.75) is 46.1 Å². The van der Waals surface area contributed by atoms with Crippen LogP contribution in [0.15, 0.2) is 0 Å². The highest BCUT2D eigenvalue weighted by Gasteiger charge is 2.41. The van der Waals surface area contributed by atoms with E-state index >= 15 is 0 Å². The average Bonchev–Trinajstić information content (AvgIpc) is 2.95. The highest BCUT2D eigenvalue weighted by atomic mass is 16.2. The van der Waals surface area contributed by atoms with Gasteiger partial charge in [0.05, 0.1) is 0 Å². The number of nitrogens with one attached hydrogen (secondary N) is 1. The largest absolute Gasteiger partial charge is 0.338 e. The summed E-state index contributed by atoms with van der Waals surface area (Å²) in [6.45, 7) is 9.93. The third-order valence-electron chi connectivity index (χ3n) is 4.69. The Bertz CT molecular complexity index is 375. The van der Waals surface area contributed by atoms with Crippen molar-refractivity contribution in [2.24, 2.45) is 5.41 Å². The van der Waals surface area contributed by atoms with Crippen molar-refractivity contribution < 1.29 is 9.59 Å². The minimum absolute atomic E-state index is 0.131. The van der Waals surface area contributed by atoms with Crippen molar-refractivity contribution >= 4 is 11.8 Å². The van der Waals surface area contributed by atoms with E-state index in [1.165, 1.54) is 0 Å². The summed E-state index contributed by atoms with van der Waals surface area (Å²) in [6, 6.07) is -0.230. The SMILES string of the molecule is CCC(C)(C)C(=O)N1CCCC1C(=O)N1CCNCC1. The van der Waals surface area contributed by atoms with Crippen molar-refractivity contribution in [1.82, 2.24) is 15.1 Å². The topological polar surface area (TPSA) is 52.7 Å². The van der Waals surface area contributed by atoms with Crippen LogP contribution in [0.1, 0.15) is 40.0 Å². The molecule has 2 aliphatic rings. The molecule has 0 aromatic heterocycles. The maximum absolute atomic E-state index is 12.6. The normalized spacial score (nSPS) is 24.1. The average molecular weight is 281 g/mol. The summed E-state index contributed by atoms with van der Waals surface area (Å²) in [7, 11) is 0. The third kappa shape index (κ3) is 2.97. The Morgan fingerprint density at radius 1 is 1.20 bits per heavy atom. The summed E-state index contributed by atoms with van der Waals surface area (Å²) >= 11 is 0. The molecular weight excluding hydrogens is 254 g/mol. The molecule has 0 radical (unpaired) electrons. The van der Waals surface area contributed by atoms with E-state index in [2.05, 4.69) is 5.32 Å². The van der Waals surface area contributed by atoms with Crippen LogP contribution in [0.4, 0.5) is 0 Å². The number of likely N-dealkylation sites (tertiary alicyclic amines) is 1. The molecule has 1 unspecified atom stereocenters. The molecule has 1 atom stereocenters. The second-order valence-corrected chi connectivity index (χ2v) is 6.47. The fraction of sp³-hybridized carbons (Fsp3) is 0.867. The molecule has 2 aliphatic heterocycles. The van der Waals surface area contributed by atoms with Crippen LogP contribution in [-0.2, 0) is 9.59 Å². The van der Waals surface area contributed by atoms with Gasteiger partial charge in [-0.3, -0.25) is 9.59 Å². The molecule has 2 amide bonds. The molecule has 0 saturated carbocycles. The van der Waals surface area contributed by atoms with E-state index in [1.807, 2.05) is 30.6 Å². The quantitative estimate of drug-likeness (QED) is 0.834. The zero-order valence-electron chi connectivity index (χ0n) is 12.9. The smallest absolute Gasteiger partial charge is 0.245 e. The molecule has 114 valence electrons. The first-order valence-electron chi connectivity index (χ1n) is 7.78. The van der Waals surface area contributed by atoms with E-state index in [4.69, 9.17) is 0 Å². The first kappa shape index (κ1) is 15.3. The van der Waals surface area contributed by atoms with Crippen LogP contribution in [0.5, 0.6) is 0 Å². The van der Waals surface area contributed by atoms with Crippen molar-refractivity contribution in [3.8, 4) is 0 Å². The number of amides is 2. The van der Waals surface area contributed by atoms with Gasteiger partial charge in [0.15, 0.2) is 0 Å². The van der Waals surface area contributed by atoms with Crippen LogP contribution in [0.25, 0.3) is 0 Å². The number of rotatable bonds is 3. The minimum atomic E-state index is -0.369. The molecule has 20 heavy (non-hydrogen) atoms. The lowest BCUT2D eigenvalue weighted by atomic mass is 9.88. The van der Waals surface area contributed by atoms with Crippen LogP contribution in [0.2, 0.25) is 0 Å². The molecule has 0 bridgehead atoms. The van der Waals surface area contributed by atoms with Crippen molar-refractivity contribution in [3.05, 3.63) is 0 Å². The van der Waals surface area contributed by atoms with Gasteiger partial charge >= 0.3 is 0 Å². The van der Waals surface area contributed by atoms with Gasteiger partial charge in [-0.2, -0.15) is 0 Å². The number of piperazine rings is 1. The molecule has 5 nitrogen and oxygen atoms in total. The molecule has 2 fully saturated rings. The van der Waals surface area contributed by atoms with Gasteiger partial charge in [-0.05, 0) is 19.3 Å². The fourth-order valence-corrected chi connectivity index (χ4v) is 2.90. The van der Waals surface area contributed by atoms with E-state index in [0.29, 0.717) is 0 Å². The number of nitrogens with zero attached hydrogens (tertiary/aromatic N) is 2. The maximum atomic E-state index is 12.6. The van der Waals surface area contributed by atoms with Gasteiger partial charge in [0.2, 0.25) is 11.8 Å². The van der Waals surface area contributed by atoms with Crippen molar-refractivity contribution in [2.75, 3.05) is 32.7 Å². The molecule has 0 aromatic rings. The number of hydrogen-bond donors (Lipinski definition) is 1. The van der Waals surface area contributed by atoms with Gasteiger partial charge in [-0.1, -0.05) is 20.8 Å². The Hall–Kier alpha value is -1.10. The van der Waals surface area contributed by atoms with E-state index in [9.17, 15) is 9.59 Å². The Kier molecular flexibility index (Phi) is 4.68. The number of hydrogen-bond acceptors (Lipinski definition) is 3. The second-order valence-electron chi connectivity index (χ2n) is 6.47. The maximum Gasteiger partial charge on any atom is 0.245 e. The highest BCUT2D eigenvalue weighted by molar-refractivity contribution is 5.90. The predicted octanol–water partition coefficient (Wildman–Crippen LogP) is 0.845. The molecule has 0 aliphatic carbocycles. The lowest BCUT2D eigenvalue weighted by molar-refractivity contribution is -0.149. The summed E-state index contributed by atoms with van der Waals surface area (Å²) in [5.74, 6) is 0.273. The predicted molar refractivity (Wildman–Crippen MR) is 78.3 cm³/mol. The summed E-state index contributed by atoms with van der Waals surface area (Å²) in [5.41, 5.74) is -0.369. The first-order chi connectivity index (χ1) is 9.47. The zero-order chi connectivity index (χ0) is 14.8. The lowest BCUT2D eigenvalue weighted by Crippen LogP contribution is -2.54. The summed E-state index contributed by atoms with van der Waals surface area (Å²) in [5, 5.41) is 3.25. The Morgan fingerprint density at radius 3 is 2.45 bits per heavy atom. The zero-order valence-corrected chi connectivity index (χ0v) is 12.9. The number of carbonyl (C=O) groups is 2. The molecular formula is C15H27N3O2. The summed E-state index contributed by atoms with van der Waals surface area (Å²) in [4.78, 5) is 29.0. The van der Waals surface area contributed by atoms with Gasteiger partial charge in [-0.15, -0.1) is 0 Å². The number of carbonyl (C=O) groups excluding carboxylic acids is 2. The van der Waals surface area contributed by atoms with Gasteiger partial charge in [0.1, 0.15) is 6.04 Å². The summed E-state index contributed by atoms with van der Waals surface area (Å²) in [6.07, 6.45) is 2.55. The molecule has 0 aromatic carbocycles. The van der Waals surface area contributed by atoms with Gasteiger partial charge in [-0.25, -0.2) is 0 Å². The van der Waals surface area contributed by atoms with Gasteiger partial charge in [0.25, 0.3) is 0 Å². The van der Waals surface area contributed by atoms with E-state index in [0.717, 1.165) is 52.0 Å². The standard InChI is InChI=1S/C15H27N3O2/c1-4-15(2,3)14(20)18-9-5-6-12(18)13(19)17-10-7-16-8-11-17/h12,16H,4-11H2,1-3H3. The Balaban J connectivity index is 2.06. The van der Waals surface area contributed by atoms with E-state index < -0.39 is 0 Å². The van der Waals surface area contributed by atoms with Crippen LogP contribution >= 0.6 is 0 Å². The molecule has 2 rings (SSSR count). The Labute approximate surface area is 121 Å². The van der Waals surface area contributed by atoms with Crippen molar-refractivity contribution in [3.63, 3.8) is 0 Å². The van der Waals surface area contributed by atoms with E-state index in [-0.39, 0.29) is 23.3 Å². The van der Waals surface area contributed by atoms with Gasteiger partial charge < -0.3 is 15.1 Å². The lowest BCUT2D eigenvalue weighted by Gasteiger charge is -2.35. The minimum Gasteiger partial charge on any atom is -0.338 e. The molecule has 2 heterocycles. The molecule has 0 spiro atoms. The molecule has 5 heteroatoms. The third-order valence-corrected chi connectivity index (χ3v) is 4.69. The van der Waals surface area contributed by atoms with Crippen LogP contribution in [0.3, 0.4) is 0 Å². The second kappa shape index (κ2) is 6.12. The monoisotopic (exact) mass is 281 g/mol. The van der Waals surface area contributed by atoms with Crippen LogP contribution in [0, 0.1) is 5.41 Å². The summed E-state index contributed by atoms with van der Waals surface area (Å²) < 4.78 is 0. The van der Waals surface area contributed by atoms with Gasteiger partial charge in [0, 0.05) is 38.1 Å². The first-order valence-corrected chi connectivity index (χ1v) is 7.78.